The number of carbonyl (C=O) groups excluding carboxylic acids is 3. The van der Waals surface area contributed by atoms with Crippen LogP contribution >= 0.6 is 11.8 Å². The number of benzene rings is 3. The van der Waals surface area contributed by atoms with Crippen molar-refractivity contribution in [2.75, 3.05) is 26.1 Å². The van der Waals surface area contributed by atoms with Crippen LogP contribution in [0.5, 0.6) is 17.2 Å². The standard InChI is InChI=1S/C27H23N3O10S2/c1-16-8-10-18(14-20(16)30(34)35)42(36,37)40-22-11-9-17(12-23(22)39-3)13-24-26(32)29(27(33)41-24)15-25(31)28-19-6-4-5-7-21(19)38-2/h4-14H,15H2,1-3H3,(H,28,31)/b24-13-. The zero-order valence-corrected chi connectivity index (χ0v) is 24.0. The third-order valence-electron chi connectivity index (χ3n) is 5.91. The van der Waals surface area contributed by atoms with Crippen molar-refractivity contribution in [2.45, 2.75) is 11.8 Å². The van der Waals surface area contributed by atoms with E-state index >= 15 is 0 Å². The molecule has 0 unspecified atom stereocenters. The zero-order valence-electron chi connectivity index (χ0n) is 22.4. The number of thioether (sulfide) groups is 1. The fourth-order valence-electron chi connectivity index (χ4n) is 3.82. The number of rotatable bonds is 10. The molecule has 0 aliphatic carbocycles. The minimum Gasteiger partial charge on any atom is -0.495 e. The summed E-state index contributed by atoms with van der Waals surface area (Å²) in [6, 6.07) is 14.1. The molecule has 0 aromatic heterocycles. The van der Waals surface area contributed by atoms with Crippen LogP contribution in [-0.4, -0.2) is 56.1 Å². The van der Waals surface area contributed by atoms with Crippen molar-refractivity contribution in [3.63, 3.8) is 0 Å². The van der Waals surface area contributed by atoms with Crippen molar-refractivity contribution in [3.05, 3.63) is 86.8 Å². The second-order valence-electron chi connectivity index (χ2n) is 8.67. The second-order valence-corrected chi connectivity index (χ2v) is 11.2. The van der Waals surface area contributed by atoms with E-state index in [9.17, 15) is 32.9 Å². The zero-order chi connectivity index (χ0) is 30.6. The van der Waals surface area contributed by atoms with Gasteiger partial charge in [-0.3, -0.25) is 29.4 Å². The lowest BCUT2D eigenvalue weighted by atomic mass is 10.2. The Kier molecular flexibility index (Phi) is 8.82. The topological polar surface area (TPSA) is 171 Å². The van der Waals surface area contributed by atoms with Gasteiger partial charge in [-0.05, 0) is 60.7 Å². The molecule has 1 aliphatic heterocycles. The lowest BCUT2D eigenvalue weighted by Crippen LogP contribution is -2.36. The predicted molar refractivity (Wildman–Crippen MR) is 153 cm³/mol. The van der Waals surface area contributed by atoms with Gasteiger partial charge < -0.3 is 19.0 Å². The summed E-state index contributed by atoms with van der Waals surface area (Å²) in [5.74, 6) is -1.12. The van der Waals surface area contributed by atoms with Gasteiger partial charge in [0.2, 0.25) is 5.91 Å². The summed E-state index contributed by atoms with van der Waals surface area (Å²) in [4.78, 5) is 48.9. The van der Waals surface area contributed by atoms with E-state index in [1.165, 1.54) is 57.6 Å². The van der Waals surface area contributed by atoms with Gasteiger partial charge in [0, 0.05) is 11.6 Å². The highest BCUT2D eigenvalue weighted by molar-refractivity contribution is 8.18. The lowest BCUT2D eigenvalue weighted by Gasteiger charge is -2.14. The number of ether oxygens (including phenoxy) is 2. The molecule has 42 heavy (non-hydrogen) atoms. The number of para-hydroxylation sites is 2. The number of carbonyl (C=O) groups is 3. The number of nitro benzene ring substituents is 1. The van der Waals surface area contributed by atoms with Gasteiger partial charge >= 0.3 is 10.1 Å². The maximum atomic E-state index is 12.9. The van der Waals surface area contributed by atoms with E-state index in [0.29, 0.717) is 28.8 Å². The van der Waals surface area contributed by atoms with Crippen LogP contribution in [0.3, 0.4) is 0 Å². The third kappa shape index (κ3) is 6.53. The Hall–Kier alpha value is -4.89. The second kappa shape index (κ2) is 12.3. The molecule has 0 atom stereocenters. The van der Waals surface area contributed by atoms with Crippen molar-refractivity contribution < 1.29 is 41.4 Å². The van der Waals surface area contributed by atoms with E-state index in [0.717, 1.165) is 11.0 Å². The summed E-state index contributed by atoms with van der Waals surface area (Å²) in [7, 11) is -1.76. The first-order chi connectivity index (χ1) is 19.9. The Labute approximate surface area is 244 Å². The van der Waals surface area contributed by atoms with Gasteiger partial charge in [0.1, 0.15) is 17.2 Å². The van der Waals surface area contributed by atoms with Crippen LogP contribution in [0, 0.1) is 17.0 Å². The van der Waals surface area contributed by atoms with Crippen molar-refractivity contribution in [3.8, 4) is 17.2 Å². The first-order valence-electron chi connectivity index (χ1n) is 12.0. The number of methoxy groups -OCH3 is 2. The van der Waals surface area contributed by atoms with Crippen LogP contribution in [0.1, 0.15) is 11.1 Å². The maximum Gasteiger partial charge on any atom is 0.339 e. The average molecular weight is 614 g/mol. The molecular weight excluding hydrogens is 590 g/mol. The number of amides is 3. The van der Waals surface area contributed by atoms with Crippen molar-refractivity contribution in [1.82, 2.24) is 4.90 Å². The number of anilines is 1. The molecule has 3 aromatic rings. The molecule has 1 fully saturated rings. The van der Waals surface area contributed by atoms with E-state index in [-0.39, 0.29) is 27.7 Å². The first kappa shape index (κ1) is 30.1. The first-order valence-corrected chi connectivity index (χ1v) is 14.2. The van der Waals surface area contributed by atoms with Crippen LogP contribution in [0.2, 0.25) is 0 Å². The number of hydrogen-bond acceptors (Lipinski definition) is 11. The minimum atomic E-state index is -4.47. The summed E-state index contributed by atoms with van der Waals surface area (Å²) in [6.07, 6.45) is 1.38. The van der Waals surface area contributed by atoms with Gasteiger partial charge in [-0.1, -0.05) is 24.3 Å². The Morgan fingerprint density at radius 1 is 1.02 bits per heavy atom. The monoisotopic (exact) mass is 613 g/mol. The Morgan fingerprint density at radius 2 is 1.74 bits per heavy atom. The van der Waals surface area contributed by atoms with E-state index in [1.54, 1.807) is 24.3 Å². The SMILES string of the molecule is COc1ccccc1NC(=O)CN1C(=O)S/C(=C\c2ccc(OS(=O)(=O)c3ccc(C)c([N+](=O)[O-])c3)c(OC)c2)C1=O. The molecule has 1 aliphatic rings. The van der Waals surface area contributed by atoms with Crippen LogP contribution in [0.4, 0.5) is 16.2 Å². The highest BCUT2D eigenvalue weighted by atomic mass is 32.2. The average Bonchev–Trinajstić information content (AvgIpc) is 3.21. The van der Waals surface area contributed by atoms with Gasteiger partial charge in [-0.2, -0.15) is 8.42 Å². The molecule has 3 amide bonds. The third-order valence-corrected chi connectivity index (χ3v) is 8.04. The number of nitrogens with zero attached hydrogens (tertiary/aromatic N) is 2. The van der Waals surface area contributed by atoms with Crippen molar-refractivity contribution in [2.24, 2.45) is 0 Å². The van der Waals surface area contributed by atoms with E-state index < -0.39 is 43.5 Å². The van der Waals surface area contributed by atoms with Crippen LogP contribution in [-0.2, 0) is 19.7 Å². The Balaban J connectivity index is 1.50. The molecule has 15 heteroatoms. The maximum absolute atomic E-state index is 12.9. The molecule has 1 saturated heterocycles. The molecular formula is C27H23N3O10S2. The largest absolute Gasteiger partial charge is 0.495 e. The molecule has 1 heterocycles. The van der Waals surface area contributed by atoms with E-state index in [1.807, 2.05) is 0 Å². The molecule has 4 rings (SSSR count). The molecule has 218 valence electrons. The number of imide groups is 1. The van der Waals surface area contributed by atoms with Crippen molar-refractivity contribution in [1.29, 1.82) is 0 Å². The molecule has 0 radical (unpaired) electrons. The molecule has 0 bridgehead atoms. The van der Waals surface area contributed by atoms with Gasteiger partial charge in [0.15, 0.2) is 11.5 Å². The predicted octanol–water partition coefficient (Wildman–Crippen LogP) is 4.36. The normalized spacial score (nSPS) is 14.2. The van der Waals surface area contributed by atoms with Crippen LogP contribution < -0.4 is 19.0 Å². The molecule has 1 N–H and O–H groups in total. The summed E-state index contributed by atoms with van der Waals surface area (Å²) in [6.45, 7) is 0.952. The number of hydrogen-bond donors (Lipinski definition) is 1. The highest BCUT2D eigenvalue weighted by Gasteiger charge is 2.36. The highest BCUT2D eigenvalue weighted by Crippen LogP contribution is 2.36. The fraction of sp³-hybridized carbons (Fsp3) is 0.148. The van der Waals surface area contributed by atoms with Gasteiger partial charge in [0.05, 0.1) is 29.7 Å². The van der Waals surface area contributed by atoms with Gasteiger partial charge in [0.25, 0.3) is 16.8 Å². The summed E-state index contributed by atoms with van der Waals surface area (Å²) >= 11 is 0.633. The van der Waals surface area contributed by atoms with Gasteiger partial charge in [-0.15, -0.1) is 0 Å². The fourth-order valence-corrected chi connectivity index (χ4v) is 5.62. The lowest BCUT2D eigenvalue weighted by molar-refractivity contribution is -0.385. The molecule has 13 nitrogen and oxygen atoms in total. The van der Waals surface area contributed by atoms with Crippen LogP contribution in [0.25, 0.3) is 6.08 Å². The quantitative estimate of drug-likeness (QED) is 0.149. The summed E-state index contributed by atoms with van der Waals surface area (Å²) in [5, 5.41) is 13.2. The Bertz CT molecular complexity index is 1740. The van der Waals surface area contributed by atoms with Crippen molar-refractivity contribution >= 4 is 56.4 Å². The number of aryl methyl sites for hydroxylation is 1. The van der Waals surface area contributed by atoms with E-state index in [4.69, 9.17) is 13.7 Å². The smallest absolute Gasteiger partial charge is 0.339 e. The van der Waals surface area contributed by atoms with E-state index in [2.05, 4.69) is 5.32 Å². The minimum absolute atomic E-state index is 0.0237. The molecule has 0 spiro atoms. The number of nitro groups is 1. The Morgan fingerprint density at radius 3 is 2.43 bits per heavy atom. The summed E-state index contributed by atoms with van der Waals surface area (Å²) < 4.78 is 41.3. The van der Waals surface area contributed by atoms with Crippen LogP contribution in [0.15, 0.2) is 70.5 Å². The summed E-state index contributed by atoms with van der Waals surface area (Å²) in [5.41, 5.74) is 0.645. The molecule has 3 aromatic carbocycles. The number of nitrogens with one attached hydrogen (secondary N) is 1. The van der Waals surface area contributed by atoms with Gasteiger partial charge in [-0.25, -0.2) is 0 Å². The molecule has 0 saturated carbocycles.